The van der Waals surface area contributed by atoms with E-state index in [0.29, 0.717) is 5.69 Å². The van der Waals surface area contributed by atoms with E-state index in [1.54, 1.807) is 18.7 Å². The number of imidazole rings is 1. The lowest BCUT2D eigenvalue weighted by Crippen LogP contribution is -2.22. The Balaban J connectivity index is 1.87. The molecule has 0 aliphatic heterocycles. The summed E-state index contributed by atoms with van der Waals surface area (Å²) in [6, 6.07) is 7.38. The van der Waals surface area contributed by atoms with Gasteiger partial charge in [0, 0.05) is 6.20 Å². The molecule has 2 aromatic heterocycles. The van der Waals surface area contributed by atoms with Gasteiger partial charge in [0.2, 0.25) is 5.91 Å². The van der Waals surface area contributed by atoms with Crippen LogP contribution in [0.2, 0.25) is 0 Å². The first-order valence-corrected chi connectivity index (χ1v) is 5.97. The van der Waals surface area contributed by atoms with Crippen molar-refractivity contribution in [1.29, 1.82) is 0 Å². The van der Waals surface area contributed by atoms with Crippen LogP contribution in [0, 0.1) is 0 Å². The number of hydrogen-bond acceptors (Lipinski definition) is 3. The van der Waals surface area contributed by atoms with Crippen molar-refractivity contribution in [1.82, 2.24) is 19.7 Å². The quantitative estimate of drug-likeness (QED) is 0.751. The number of fused-ring (bicyclic) bond motifs is 1. The van der Waals surface area contributed by atoms with E-state index in [1.165, 1.54) is 0 Å². The number of aromatic amines is 1. The van der Waals surface area contributed by atoms with Gasteiger partial charge in [-0.05, 0) is 19.1 Å². The minimum atomic E-state index is -0.345. The molecule has 96 valence electrons. The first-order chi connectivity index (χ1) is 9.25. The summed E-state index contributed by atoms with van der Waals surface area (Å²) in [6.07, 6.45) is 4.89. The Kier molecular flexibility index (Phi) is 2.75. The second-order valence-corrected chi connectivity index (χ2v) is 4.29. The lowest BCUT2D eigenvalue weighted by Gasteiger charge is -2.13. The molecule has 0 saturated heterocycles. The van der Waals surface area contributed by atoms with Crippen molar-refractivity contribution in [2.45, 2.75) is 13.0 Å². The number of amides is 1. The van der Waals surface area contributed by atoms with Crippen molar-refractivity contribution >= 4 is 22.6 Å². The minimum absolute atomic E-state index is 0.107. The zero-order valence-corrected chi connectivity index (χ0v) is 10.4. The minimum Gasteiger partial charge on any atom is -0.322 e. The van der Waals surface area contributed by atoms with Gasteiger partial charge in [-0.15, -0.1) is 0 Å². The molecule has 0 fully saturated rings. The van der Waals surface area contributed by atoms with E-state index in [0.717, 1.165) is 11.0 Å². The van der Waals surface area contributed by atoms with Gasteiger partial charge >= 0.3 is 0 Å². The second kappa shape index (κ2) is 4.56. The lowest BCUT2D eigenvalue weighted by molar-refractivity contribution is -0.118. The zero-order chi connectivity index (χ0) is 13.2. The molecule has 1 aromatic carbocycles. The van der Waals surface area contributed by atoms with E-state index in [-0.39, 0.29) is 11.9 Å². The van der Waals surface area contributed by atoms with Gasteiger partial charge in [0.25, 0.3) is 0 Å². The van der Waals surface area contributed by atoms with E-state index in [1.807, 2.05) is 35.8 Å². The Morgan fingerprint density at radius 2 is 2.26 bits per heavy atom. The Morgan fingerprint density at radius 3 is 3.05 bits per heavy atom. The highest BCUT2D eigenvalue weighted by Crippen LogP contribution is 2.18. The molecule has 3 aromatic rings. The molecule has 0 radical (unpaired) electrons. The molecule has 6 nitrogen and oxygen atoms in total. The molecule has 1 unspecified atom stereocenters. The molecule has 2 N–H and O–H groups in total. The summed E-state index contributed by atoms with van der Waals surface area (Å²) in [5.74, 6) is -0.107. The molecule has 2 heterocycles. The molecule has 3 rings (SSSR count). The van der Waals surface area contributed by atoms with Gasteiger partial charge in [0.1, 0.15) is 6.04 Å². The summed E-state index contributed by atoms with van der Waals surface area (Å²) >= 11 is 0. The predicted octanol–water partition coefficient (Wildman–Crippen LogP) is 1.96. The summed E-state index contributed by atoms with van der Waals surface area (Å²) in [4.78, 5) is 16.4. The average molecular weight is 255 g/mol. The predicted molar refractivity (Wildman–Crippen MR) is 71.7 cm³/mol. The number of benzene rings is 1. The Bertz CT molecular complexity index is 701. The zero-order valence-electron chi connectivity index (χ0n) is 10.4. The first kappa shape index (κ1) is 11.5. The molecule has 0 bridgehead atoms. The third-order valence-corrected chi connectivity index (χ3v) is 3.04. The molecule has 1 amide bonds. The number of anilines is 1. The summed E-state index contributed by atoms with van der Waals surface area (Å²) in [5.41, 5.74) is 2.48. The van der Waals surface area contributed by atoms with Crippen molar-refractivity contribution in [3.05, 3.63) is 43.0 Å². The third-order valence-electron chi connectivity index (χ3n) is 3.04. The summed E-state index contributed by atoms with van der Waals surface area (Å²) in [6.45, 7) is 1.84. The number of nitrogens with one attached hydrogen (secondary N) is 2. The van der Waals surface area contributed by atoms with Crippen LogP contribution >= 0.6 is 0 Å². The van der Waals surface area contributed by atoms with Gasteiger partial charge < -0.3 is 9.88 Å². The number of carbonyl (C=O) groups is 1. The fourth-order valence-electron chi connectivity index (χ4n) is 1.98. The van der Waals surface area contributed by atoms with Crippen LogP contribution in [0.15, 0.2) is 43.0 Å². The number of hydrogen-bond donors (Lipinski definition) is 2. The molecule has 0 aliphatic rings. The SMILES string of the molecule is CC(C(=O)Nc1cn[nH]c1)n1cnc2ccccc21. The number of rotatable bonds is 3. The van der Waals surface area contributed by atoms with Crippen molar-refractivity contribution in [3.63, 3.8) is 0 Å². The first-order valence-electron chi connectivity index (χ1n) is 5.97. The van der Waals surface area contributed by atoms with Crippen molar-refractivity contribution < 1.29 is 4.79 Å². The molecular formula is C13H13N5O. The monoisotopic (exact) mass is 255 g/mol. The Hall–Kier alpha value is -2.63. The molecule has 0 spiro atoms. The molecule has 0 aliphatic carbocycles. The molecular weight excluding hydrogens is 242 g/mol. The van der Waals surface area contributed by atoms with Gasteiger partial charge in [0.05, 0.1) is 29.2 Å². The smallest absolute Gasteiger partial charge is 0.247 e. The number of aromatic nitrogens is 4. The Morgan fingerprint density at radius 1 is 1.42 bits per heavy atom. The van der Waals surface area contributed by atoms with E-state index in [4.69, 9.17) is 0 Å². The van der Waals surface area contributed by atoms with Gasteiger partial charge in [-0.25, -0.2) is 4.98 Å². The van der Waals surface area contributed by atoms with E-state index >= 15 is 0 Å². The maximum atomic E-state index is 12.2. The molecule has 0 saturated carbocycles. The normalized spacial score (nSPS) is 12.5. The van der Waals surface area contributed by atoms with Gasteiger partial charge in [-0.2, -0.15) is 5.10 Å². The summed E-state index contributed by atoms with van der Waals surface area (Å²) in [7, 11) is 0. The molecule has 19 heavy (non-hydrogen) atoms. The summed E-state index contributed by atoms with van der Waals surface area (Å²) < 4.78 is 1.85. The number of H-pyrrole nitrogens is 1. The largest absolute Gasteiger partial charge is 0.322 e. The van der Waals surface area contributed by atoms with Crippen molar-refractivity contribution in [2.75, 3.05) is 5.32 Å². The Labute approximate surface area is 109 Å². The maximum Gasteiger partial charge on any atom is 0.247 e. The number of para-hydroxylation sites is 2. The van der Waals surface area contributed by atoms with Crippen LogP contribution in [0.25, 0.3) is 11.0 Å². The van der Waals surface area contributed by atoms with E-state index in [9.17, 15) is 4.79 Å². The summed E-state index contributed by atoms with van der Waals surface area (Å²) in [5, 5.41) is 9.24. The van der Waals surface area contributed by atoms with E-state index < -0.39 is 0 Å². The van der Waals surface area contributed by atoms with Gasteiger partial charge in [-0.1, -0.05) is 12.1 Å². The van der Waals surface area contributed by atoms with Crippen LogP contribution in [-0.4, -0.2) is 25.7 Å². The highest BCUT2D eigenvalue weighted by atomic mass is 16.2. The highest BCUT2D eigenvalue weighted by Gasteiger charge is 2.17. The van der Waals surface area contributed by atoms with Crippen LogP contribution < -0.4 is 5.32 Å². The van der Waals surface area contributed by atoms with Crippen molar-refractivity contribution in [2.24, 2.45) is 0 Å². The molecule has 6 heteroatoms. The van der Waals surface area contributed by atoms with Crippen LogP contribution in [0.4, 0.5) is 5.69 Å². The van der Waals surface area contributed by atoms with Crippen LogP contribution in [-0.2, 0) is 4.79 Å². The van der Waals surface area contributed by atoms with Crippen LogP contribution in [0.5, 0.6) is 0 Å². The second-order valence-electron chi connectivity index (χ2n) is 4.29. The number of nitrogens with zero attached hydrogens (tertiary/aromatic N) is 3. The van der Waals surface area contributed by atoms with E-state index in [2.05, 4.69) is 20.5 Å². The fraction of sp³-hybridized carbons (Fsp3) is 0.154. The highest BCUT2D eigenvalue weighted by molar-refractivity contribution is 5.94. The fourth-order valence-corrected chi connectivity index (χ4v) is 1.98. The van der Waals surface area contributed by atoms with Crippen molar-refractivity contribution in [3.8, 4) is 0 Å². The van der Waals surface area contributed by atoms with Crippen LogP contribution in [0.3, 0.4) is 0 Å². The van der Waals surface area contributed by atoms with Crippen LogP contribution in [0.1, 0.15) is 13.0 Å². The third kappa shape index (κ3) is 2.08. The van der Waals surface area contributed by atoms with Gasteiger partial charge in [0.15, 0.2) is 0 Å². The average Bonchev–Trinajstić information content (AvgIpc) is 3.06. The maximum absolute atomic E-state index is 12.2. The lowest BCUT2D eigenvalue weighted by atomic mass is 10.2. The standard InChI is InChI=1S/C13H13N5O/c1-9(13(19)17-10-6-15-16-7-10)18-8-14-11-4-2-3-5-12(11)18/h2-9H,1H3,(H,15,16)(H,17,19). The van der Waals surface area contributed by atoms with Gasteiger partial charge in [-0.3, -0.25) is 9.89 Å². The molecule has 1 atom stereocenters. The number of carbonyl (C=O) groups excluding carboxylic acids is 1. The topological polar surface area (TPSA) is 75.6 Å².